The van der Waals surface area contributed by atoms with Crippen LogP contribution in [0.3, 0.4) is 0 Å². The Hall–Kier alpha value is -2.33. The highest BCUT2D eigenvalue weighted by molar-refractivity contribution is 7.89. The Morgan fingerprint density at radius 2 is 1.56 bits per heavy atom. The first-order chi connectivity index (χ1) is 14.9. The zero-order chi connectivity index (χ0) is 22.3. The van der Waals surface area contributed by atoms with Gasteiger partial charge in [0.05, 0.1) is 12.0 Å². The summed E-state index contributed by atoms with van der Waals surface area (Å²) in [4.78, 5) is 14.5. The molecule has 0 aliphatic carbocycles. The molecule has 1 fully saturated rings. The van der Waals surface area contributed by atoms with E-state index >= 15 is 0 Å². The number of halogens is 1. The number of hydrogen-bond acceptors (Lipinski definition) is 6. The molecular weight excluding hydrogens is 454 g/mol. The van der Waals surface area contributed by atoms with E-state index in [9.17, 15) is 13.2 Å². The summed E-state index contributed by atoms with van der Waals surface area (Å²) in [6, 6.07) is 14.0. The number of nitrogens with zero attached hydrogens (tertiary/aromatic N) is 2. The minimum atomic E-state index is -3.46. The van der Waals surface area contributed by atoms with E-state index < -0.39 is 10.0 Å². The maximum Gasteiger partial charge on any atom is 0.257 e. The molecule has 1 heterocycles. The van der Waals surface area contributed by atoms with Crippen LogP contribution in [-0.4, -0.2) is 76.5 Å². The third-order valence-corrected chi connectivity index (χ3v) is 7.08. The van der Waals surface area contributed by atoms with Gasteiger partial charge in [0.25, 0.3) is 5.91 Å². The minimum absolute atomic E-state index is 0. The molecule has 0 spiro atoms. The van der Waals surface area contributed by atoms with Crippen molar-refractivity contribution >= 4 is 28.3 Å². The number of hydrogen-bond donors (Lipinski definition) is 1. The normalized spacial score (nSPS) is 14.9. The van der Waals surface area contributed by atoms with Gasteiger partial charge in [-0.05, 0) is 43.3 Å². The first-order valence-corrected chi connectivity index (χ1v) is 11.7. The Morgan fingerprint density at radius 3 is 2.16 bits per heavy atom. The van der Waals surface area contributed by atoms with Gasteiger partial charge < -0.3 is 14.8 Å². The van der Waals surface area contributed by atoms with Gasteiger partial charge in [-0.25, -0.2) is 8.42 Å². The lowest BCUT2D eigenvalue weighted by Gasteiger charge is -2.34. The van der Waals surface area contributed by atoms with Crippen molar-refractivity contribution in [2.45, 2.75) is 11.8 Å². The number of benzene rings is 2. The summed E-state index contributed by atoms with van der Waals surface area (Å²) < 4.78 is 37.6. The lowest BCUT2D eigenvalue weighted by Crippen LogP contribution is -2.50. The third-order valence-electron chi connectivity index (χ3n) is 5.17. The van der Waals surface area contributed by atoms with Crippen LogP contribution in [0.25, 0.3) is 0 Å². The molecule has 1 N–H and O–H groups in total. The number of methoxy groups -OCH3 is 1. The van der Waals surface area contributed by atoms with Crippen molar-refractivity contribution in [1.82, 2.24) is 14.5 Å². The molecule has 1 aliphatic heterocycles. The summed E-state index contributed by atoms with van der Waals surface area (Å²) in [5.74, 6) is 1.13. The molecular formula is C22H30ClN3O5S. The molecule has 0 saturated carbocycles. The molecule has 3 rings (SSSR count). The van der Waals surface area contributed by atoms with Crippen LogP contribution >= 0.6 is 12.4 Å². The molecule has 176 valence electrons. The van der Waals surface area contributed by atoms with Crippen LogP contribution in [0.2, 0.25) is 0 Å². The molecule has 8 nitrogen and oxygen atoms in total. The summed E-state index contributed by atoms with van der Waals surface area (Å²) >= 11 is 0. The summed E-state index contributed by atoms with van der Waals surface area (Å²) in [5.41, 5.74) is 1.03. The molecule has 1 saturated heterocycles. The zero-order valence-corrected chi connectivity index (χ0v) is 20.0. The van der Waals surface area contributed by atoms with Crippen LogP contribution in [0, 0.1) is 6.92 Å². The second-order valence-electron chi connectivity index (χ2n) is 7.37. The number of sulfonamides is 1. The molecule has 0 bridgehead atoms. The number of rotatable bonds is 9. The summed E-state index contributed by atoms with van der Waals surface area (Å²) in [7, 11) is -1.87. The molecule has 32 heavy (non-hydrogen) atoms. The molecule has 0 atom stereocenters. The van der Waals surface area contributed by atoms with Crippen molar-refractivity contribution in [3.63, 3.8) is 0 Å². The van der Waals surface area contributed by atoms with E-state index in [1.165, 1.54) is 4.31 Å². The molecule has 2 aromatic carbocycles. The Kier molecular flexibility index (Phi) is 9.77. The number of ether oxygens (including phenoxy) is 2. The quantitative estimate of drug-likeness (QED) is 0.586. The number of piperazine rings is 1. The van der Waals surface area contributed by atoms with Crippen molar-refractivity contribution in [2.75, 3.05) is 53.0 Å². The van der Waals surface area contributed by atoms with E-state index in [4.69, 9.17) is 9.47 Å². The van der Waals surface area contributed by atoms with E-state index in [1.807, 2.05) is 19.1 Å². The van der Waals surface area contributed by atoms with Gasteiger partial charge >= 0.3 is 0 Å². The highest BCUT2D eigenvalue weighted by Crippen LogP contribution is 2.18. The lowest BCUT2D eigenvalue weighted by molar-refractivity contribution is -0.123. The molecule has 2 aromatic rings. The summed E-state index contributed by atoms with van der Waals surface area (Å²) in [5, 5.41) is 2.83. The van der Waals surface area contributed by atoms with E-state index in [0.717, 1.165) is 11.3 Å². The zero-order valence-electron chi connectivity index (χ0n) is 18.3. The monoisotopic (exact) mass is 483 g/mol. The predicted octanol–water partition coefficient (Wildman–Crippen LogP) is 1.93. The number of carbonyl (C=O) groups is 1. The third kappa shape index (κ3) is 7.09. The Morgan fingerprint density at radius 1 is 0.969 bits per heavy atom. The standard InChI is InChI=1S/C22H29N3O5S.ClH/c1-18-3-9-21(10-4-18)31(27,28)25-15-13-24(14-16-25)12-11-23-22(26)17-30-20-7-5-19(29-2)6-8-20;/h3-10H,11-17H2,1-2H3,(H,23,26);1H. The number of carbonyl (C=O) groups excluding carboxylic acids is 1. The SMILES string of the molecule is COc1ccc(OCC(=O)NCCN2CCN(S(=O)(=O)c3ccc(C)cc3)CC2)cc1.Cl. The van der Waals surface area contributed by atoms with E-state index in [0.29, 0.717) is 49.9 Å². The summed E-state index contributed by atoms with van der Waals surface area (Å²) in [6.45, 7) is 5.14. The predicted molar refractivity (Wildman–Crippen MR) is 125 cm³/mol. The number of aryl methyl sites for hydroxylation is 1. The first kappa shape index (κ1) is 25.9. The fourth-order valence-electron chi connectivity index (χ4n) is 3.28. The molecule has 0 unspecified atom stereocenters. The van der Waals surface area contributed by atoms with Gasteiger partial charge in [0.2, 0.25) is 10.0 Å². The smallest absolute Gasteiger partial charge is 0.257 e. The van der Waals surface area contributed by atoms with Crippen LogP contribution in [0.5, 0.6) is 11.5 Å². The first-order valence-electron chi connectivity index (χ1n) is 10.2. The average molecular weight is 484 g/mol. The number of amides is 1. The van der Waals surface area contributed by atoms with Gasteiger partial charge in [-0.3, -0.25) is 9.69 Å². The van der Waals surface area contributed by atoms with Crippen LogP contribution in [-0.2, 0) is 14.8 Å². The second kappa shape index (κ2) is 12.1. The van der Waals surface area contributed by atoms with Gasteiger partial charge in [-0.1, -0.05) is 17.7 Å². The van der Waals surface area contributed by atoms with Crippen LogP contribution < -0.4 is 14.8 Å². The molecule has 0 radical (unpaired) electrons. The van der Waals surface area contributed by atoms with Crippen LogP contribution in [0.1, 0.15) is 5.56 Å². The van der Waals surface area contributed by atoms with Crippen molar-refractivity contribution in [3.8, 4) is 11.5 Å². The molecule has 1 amide bonds. The molecule has 10 heteroatoms. The van der Waals surface area contributed by atoms with Crippen molar-refractivity contribution < 1.29 is 22.7 Å². The van der Waals surface area contributed by atoms with Crippen molar-refractivity contribution in [1.29, 1.82) is 0 Å². The Balaban J connectivity index is 0.00000363. The minimum Gasteiger partial charge on any atom is -0.497 e. The van der Waals surface area contributed by atoms with Gasteiger partial charge in [-0.2, -0.15) is 4.31 Å². The Bertz CT molecular complexity index is 960. The Labute approximate surface area is 196 Å². The second-order valence-corrected chi connectivity index (χ2v) is 9.31. The maximum absolute atomic E-state index is 12.8. The molecule has 1 aliphatic rings. The highest BCUT2D eigenvalue weighted by atomic mass is 35.5. The maximum atomic E-state index is 12.8. The van der Waals surface area contributed by atoms with Crippen LogP contribution in [0.15, 0.2) is 53.4 Å². The lowest BCUT2D eigenvalue weighted by atomic mass is 10.2. The largest absolute Gasteiger partial charge is 0.497 e. The fourth-order valence-corrected chi connectivity index (χ4v) is 4.70. The van der Waals surface area contributed by atoms with E-state index in [2.05, 4.69) is 10.2 Å². The van der Waals surface area contributed by atoms with Gasteiger partial charge in [0.1, 0.15) is 11.5 Å². The van der Waals surface area contributed by atoms with Gasteiger partial charge in [0.15, 0.2) is 6.61 Å². The molecule has 0 aromatic heterocycles. The van der Waals surface area contributed by atoms with Crippen LogP contribution in [0.4, 0.5) is 0 Å². The van der Waals surface area contributed by atoms with E-state index in [-0.39, 0.29) is 24.9 Å². The number of nitrogens with one attached hydrogen (secondary N) is 1. The van der Waals surface area contributed by atoms with Gasteiger partial charge in [-0.15, -0.1) is 12.4 Å². The van der Waals surface area contributed by atoms with E-state index in [1.54, 1.807) is 43.5 Å². The van der Waals surface area contributed by atoms with Crippen molar-refractivity contribution in [2.24, 2.45) is 0 Å². The topological polar surface area (TPSA) is 88.2 Å². The summed E-state index contributed by atoms with van der Waals surface area (Å²) in [6.07, 6.45) is 0. The highest BCUT2D eigenvalue weighted by Gasteiger charge is 2.28. The van der Waals surface area contributed by atoms with Crippen molar-refractivity contribution in [3.05, 3.63) is 54.1 Å². The van der Waals surface area contributed by atoms with Gasteiger partial charge in [0, 0.05) is 39.3 Å². The average Bonchev–Trinajstić information content (AvgIpc) is 2.78. The fraction of sp³-hybridized carbons (Fsp3) is 0.409.